The molecule has 46 heavy (non-hydrogen) atoms. The van der Waals surface area contributed by atoms with E-state index in [2.05, 4.69) is 109 Å². The zero-order valence-electron chi connectivity index (χ0n) is 26.8. The third-order valence-electron chi connectivity index (χ3n) is 11.0. The molecule has 4 aromatic carbocycles. The summed E-state index contributed by atoms with van der Waals surface area (Å²) in [6.45, 7) is 0. The number of benzene rings is 4. The van der Waals surface area contributed by atoms with Crippen LogP contribution in [0.15, 0.2) is 113 Å². The number of fused-ring (bicyclic) bond motifs is 3. The van der Waals surface area contributed by atoms with Crippen molar-refractivity contribution in [3.8, 4) is 11.1 Å². The van der Waals surface area contributed by atoms with Gasteiger partial charge in [0.1, 0.15) is 0 Å². The minimum atomic E-state index is -2.20. The number of halogens is 2. The maximum Gasteiger partial charge on any atom is -1.00 e. The first-order chi connectivity index (χ1) is 21.8. The Labute approximate surface area is 294 Å². The van der Waals surface area contributed by atoms with Gasteiger partial charge in [-0.15, -0.1) is 0 Å². The van der Waals surface area contributed by atoms with Gasteiger partial charge in [0, 0.05) is 0 Å². The van der Waals surface area contributed by atoms with Gasteiger partial charge in [-0.05, 0) is 0 Å². The van der Waals surface area contributed by atoms with E-state index in [1.165, 1.54) is 75.3 Å². The van der Waals surface area contributed by atoms with Crippen molar-refractivity contribution in [2.45, 2.75) is 88.9 Å². The van der Waals surface area contributed by atoms with Crippen LogP contribution in [0.5, 0.6) is 0 Å². The molecule has 3 heteroatoms. The van der Waals surface area contributed by atoms with Crippen LogP contribution in [0, 0.1) is 0 Å². The monoisotopic (exact) mass is 678 g/mol. The second-order valence-electron chi connectivity index (χ2n) is 13.7. The maximum absolute atomic E-state index is 2.75. The fourth-order valence-corrected chi connectivity index (χ4v) is 13.8. The minimum absolute atomic E-state index is 0. The molecular weight excluding hydrogens is 635 g/mol. The summed E-state index contributed by atoms with van der Waals surface area (Å²) in [5.41, 5.74) is 12.4. The zero-order chi connectivity index (χ0) is 29.3. The van der Waals surface area contributed by atoms with Gasteiger partial charge < -0.3 is 24.8 Å². The van der Waals surface area contributed by atoms with E-state index in [0.717, 1.165) is 18.8 Å². The van der Waals surface area contributed by atoms with E-state index in [-0.39, 0.29) is 24.8 Å². The summed E-state index contributed by atoms with van der Waals surface area (Å²) in [4.78, 5) is 0. The first-order valence-electron chi connectivity index (χ1n) is 17.3. The van der Waals surface area contributed by atoms with Crippen molar-refractivity contribution in [2.75, 3.05) is 0 Å². The van der Waals surface area contributed by atoms with E-state index in [1.807, 2.05) is 0 Å². The van der Waals surface area contributed by atoms with Gasteiger partial charge in [0.05, 0.1) is 0 Å². The van der Waals surface area contributed by atoms with E-state index in [1.54, 1.807) is 44.9 Å². The molecule has 4 aromatic rings. The van der Waals surface area contributed by atoms with E-state index >= 15 is 0 Å². The number of hydrogen-bond acceptors (Lipinski definition) is 0. The Morgan fingerprint density at radius 2 is 1.17 bits per heavy atom. The molecule has 2 saturated carbocycles. The maximum atomic E-state index is 2.75. The Morgan fingerprint density at radius 3 is 1.76 bits per heavy atom. The third-order valence-corrected chi connectivity index (χ3v) is 15.8. The van der Waals surface area contributed by atoms with E-state index in [9.17, 15) is 0 Å². The van der Waals surface area contributed by atoms with Gasteiger partial charge in [-0.2, -0.15) is 0 Å². The normalized spacial score (nSPS) is 17.2. The number of allylic oxidation sites excluding steroid dienone is 4. The Hall–Kier alpha value is -2.48. The first-order valence-corrected chi connectivity index (χ1v) is 19.7. The van der Waals surface area contributed by atoms with Crippen LogP contribution in [-0.4, -0.2) is 3.81 Å². The summed E-state index contributed by atoms with van der Waals surface area (Å²) >= 11 is -2.20. The van der Waals surface area contributed by atoms with Gasteiger partial charge in [0.15, 0.2) is 0 Å². The molecule has 0 aromatic heterocycles. The minimum Gasteiger partial charge on any atom is -1.00 e. The SMILES string of the molecule is C1=CC[C]([Ti+2](=[C](c2ccccc2)c2ccccc2)[c]2cc(C3CCCCC3)cc3c2Cc2ccc(C4CCCCC4)cc2-3)=C1.[Cl-].[Cl-]. The summed E-state index contributed by atoms with van der Waals surface area (Å²) in [6, 6.07) is 35.8. The molecule has 0 amide bonds. The molecule has 0 heterocycles. The summed E-state index contributed by atoms with van der Waals surface area (Å²) in [7, 11) is 0. The van der Waals surface area contributed by atoms with Crippen LogP contribution in [0.1, 0.15) is 116 Å². The van der Waals surface area contributed by atoms with Crippen molar-refractivity contribution >= 4 is 7.68 Å². The molecule has 4 aliphatic rings. The molecule has 0 aliphatic heterocycles. The van der Waals surface area contributed by atoms with Crippen molar-refractivity contribution in [1.29, 1.82) is 0 Å². The molecule has 0 saturated heterocycles. The molecule has 0 N–H and O–H groups in total. The van der Waals surface area contributed by atoms with Crippen molar-refractivity contribution in [3.05, 3.63) is 146 Å². The van der Waals surface area contributed by atoms with Gasteiger partial charge in [0.25, 0.3) is 0 Å². The molecule has 0 bridgehead atoms. The molecule has 0 unspecified atom stereocenters. The predicted molar refractivity (Wildman–Crippen MR) is 184 cm³/mol. The fourth-order valence-electron chi connectivity index (χ4n) is 8.66. The van der Waals surface area contributed by atoms with Gasteiger partial charge in [-0.3, -0.25) is 0 Å². The van der Waals surface area contributed by atoms with Crippen LogP contribution in [0.2, 0.25) is 0 Å². The molecule has 0 atom stereocenters. The molecule has 8 rings (SSSR count). The van der Waals surface area contributed by atoms with Gasteiger partial charge in [0.2, 0.25) is 0 Å². The summed E-state index contributed by atoms with van der Waals surface area (Å²) in [5, 5.41) is 0. The third kappa shape index (κ3) is 6.62. The van der Waals surface area contributed by atoms with Gasteiger partial charge >= 0.3 is 272 Å². The quantitative estimate of drug-likeness (QED) is 0.228. The van der Waals surface area contributed by atoms with Crippen LogP contribution in [-0.2, 0) is 23.8 Å². The summed E-state index contributed by atoms with van der Waals surface area (Å²) < 4.78 is 5.02. The molecule has 0 spiro atoms. The molecule has 234 valence electrons. The fraction of sp³-hybridized carbons (Fsp3) is 0.326. The second kappa shape index (κ2) is 15.2. The van der Waals surface area contributed by atoms with Crippen molar-refractivity contribution in [1.82, 2.24) is 0 Å². The number of hydrogen-bond donors (Lipinski definition) is 0. The molecule has 2 fully saturated rings. The molecular formula is C43H44Cl2Ti. The Morgan fingerprint density at radius 1 is 0.587 bits per heavy atom. The molecule has 0 radical (unpaired) electrons. The predicted octanol–water partition coefficient (Wildman–Crippen LogP) is 4.72. The van der Waals surface area contributed by atoms with Crippen LogP contribution in [0.3, 0.4) is 0 Å². The Balaban J connectivity index is 0.00000186. The molecule has 0 nitrogen and oxygen atoms in total. The van der Waals surface area contributed by atoms with Gasteiger partial charge in [-0.1, -0.05) is 0 Å². The van der Waals surface area contributed by atoms with Crippen LogP contribution < -0.4 is 28.7 Å². The topological polar surface area (TPSA) is 0 Å². The molecule has 4 aliphatic carbocycles. The standard InChI is InChI=1S/C25H29.C13H10.C5H5.2ClH.Ti/c1-3-7-18(8-4-1)20-11-13-22-15-23-14-12-21(17-25(23)24(22)16-20)19-9-5-2-6-10-19;1-3-7-12(8-4-1)11-13-9-5-2-6-10-13;1-2-4-5-3-1;;;/h11-13,16-19H,1-10,15H2;1-10H;1-3H,4H2;2*1H;/q;;;;;+2/p-2. The van der Waals surface area contributed by atoms with E-state index in [4.69, 9.17) is 0 Å². The summed E-state index contributed by atoms with van der Waals surface area (Å²) in [5.74, 6) is 1.44. The summed E-state index contributed by atoms with van der Waals surface area (Å²) in [6.07, 6.45) is 23.2. The second-order valence-corrected chi connectivity index (χ2v) is 17.5. The number of rotatable bonds is 6. The average Bonchev–Trinajstić information content (AvgIpc) is 3.77. The zero-order valence-corrected chi connectivity index (χ0v) is 29.9. The first kappa shape index (κ1) is 33.4. The average molecular weight is 680 g/mol. The van der Waals surface area contributed by atoms with E-state index in [0.29, 0.717) is 5.92 Å². The Bertz CT molecular complexity index is 1710. The van der Waals surface area contributed by atoms with Crippen molar-refractivity contribution < 1.29 is 42.2 Å². The van der Waals surface area contributed by atoms with E-state index < -0.39 is 17.4 Å². The van der Waals surface area contributed by atoms with Gasteiger partial charge in [-0.25, -0.2) is 0 Å². The van der Waals surface area contributed by atoms with Crippen LogP contribution >= 0.6 is 0 Å². The Kier molecular flexibility index (Phi) is 11.0. The van der Waals surface area contributed by atoms with Crippen molar-refractivity contribution in [2.24, 2.45) is 0 Å². The van der Waals surface area contributed by atoms with Crippen LogP contribution in [0.25, 0.3) is 11.1 Å². The van der Waals surface area contributed by atoms with Crippen LogP contribution in [0.4, 0.5) is 0 Å². The largest absolute Gasteiger partial charge is 1.00 e. The smallest absolute Gasteiger partial charge is 1.00 e. The van der Waals surface area contributed by atoms with Crippen molar-refractivity contribution in [3.63, 3.8) is 0 Å².